The Morgan fingerprint density at radius 1 is 1.50 bits per heavy atom. The Labute approximate surface area is 114 Å². The van der Waals surface area contributed by atoms with Gasteiger partial charge in [-0.2, -0.15) is 0 Å². The summed E-state index contributed by atoms with van der Waals surface area (Å²) in [5.41, 5.74) is 8.13. The molecule has 0 spiro atoms. The summed E-state index contributed by atoms with van der Waals surface area (Å²) in [4.78, 5) is 4.79. The fourth-order valence-corrected chi connectivity index (χ4v) is 2.96. The quantitative estimate of drug-likeness (QED) is 0.820. The molecule has 0 atom stereocenters. The van der Waals surface area contributed by atoms with Crippen LogP contribution in [0.5, 0.6) is 0 Å². The first-order valence-corrected chi connectivity index (χ1v) is 6.92. The van der Waals surface area contributed by atoms with Crippen molar-refractivity contribution in [2.45, 2.75) is 39.5 Å². The maximum atomic E-state index is 5.78. The van der Waals surface area contributed by atoms with Gasteiger partial charge < -0.3 is 11.1 Å². The molecule has 0 saturated heterocycles. The van der Waals surface area contributed by atoms with E-state index in [1.165, 1.54) is 25.7 Å². The van der Waals surface area contributed by atoms with Gasteiger partial charge in [0.25, 0.3) is 0 Å². The number of nitrogens with one attached hydrogen (secondary N) is 1. The van der Waals surface area contributed by atoms with E-state index in [-0.39, 0.29) is 0 Å². The molecule has 0 unspecified atom stereocenters. The molecule has 1 saturated carbocycles. The number of anilines is 1. The molecule has 2 rings (SSSR count). The number of aromatic nitrogens is 1. The lowest BCUT2D eigenvalue weighted by Gasteiger charge is -2.25. The fourth-order valence-electron chi connectivity index (χ4n) is 2.71. The highest BCUT2D eigenvalue weighted by molar-refractivity contribution is 7.80. The highest BCUT2D eigenvalue weighted by Crippen LogP contribution is 2.37. The van der Waals surface area contributed by atoms with Crippen LogP contribution in [0.25, 0.3) is 0 Å². The molecule has 3 nitrogen and oxygen atoms in total. The van der Waals surface area contributed by atoms with Crippen LogP contribution in [0, 0.1) is 12.3 Å². The van der Waals surface area contributed by atoms with E-state index >= 15 is 0 Å². The topological polar surface area (TPSA) is 50.9 Å². The predicted octanol–water partition coefficient (Wildman–Crippen LogP) is 3.02. The molecular formula is C14H21N3S. The molecule has 1 aromatic rings. The van der Waals surface area contributed by atoms with E-state index in [1.807, 2.05) is 13.0 Å². The Morgan fingerprint density at radius 3 is 2.78 bits per heavy atom. The molecule has 4 heteroatoms. The molecule has 1 fully saturated rings. The van der Waals surface area contributed by atoms with E-state index in [9.17, 15) is 0 Å². The van der Waals surface area contributed by atoms with E-state index in [1.54, 1.807) is 6.20 Å². The lowest BCUT2D eigenvalue weighted by molar-refractivity contribution is 0.361. The van der Waals surface area contributed by atoms with Crippen LogP contribution in [0.15, 0.2) is 12.3 Å². The van der Waals surface area contributed by atoms with Crippen molar-refractivity contribution in [3.8, 4) is 0 Å². The van der Waals surface area contributed by atoms with Gasteiger partial charge in [-0.1, -0.05) is 32.0 Å². The third kappa shape index (κ3) is 2.80. The van der Waals surface area contributed by atoms with Crippen molar-refractivity contribution in [3.63, 3.8) is 0 Å². The molecule has 1 aliphatic rings. The summed E-state index contributed by atoms with van der Waals surface area (Å²) >= 11 is 5.11. The van der Waals surface area contributed by atoms with Crippen molar-refractivity contribution in [2.75, 3.05) is 11.9 Å². The summed E-state index contributed by atoms with van der Waals surface area (Å²) in [6.45, 7) is 5.29. The number of hydrogen-bond donors (Lipinski definition) is 2. The van der Waals surface area contributed by atoms with Crippen LogP contribution in [0.3, 0.4) is 0 Å². The van der Waals surface area contributed by atoms with Gasteiger partial charge in [-0.25, -0.2) is 4.98 Å². The summed E-state index contributed by atoms with van der Waals surface area (Å²) in [6.07, 6.45) is 7.04. The van der Waals surface area contributed by atoms with Gasteiger partial charge in [0.05, 0.1) is 5.56 Å². The molecule has 1 aromatic heterocycles. The van der Waals surface area contributed by atoms with Gasteiger partial charge in [0, 0.05) is 12.7 Å². The first-order chi connectivity index (χ1) is 8.52. The van der Waals surface area contributed by atoms with E-state index in [2.05, 4.69) is 17.2 Å². The standard InChI is InChI=1S/C14H21N3S/c1-10-5-8-16-13(11(10)12(15)18)17-9-14(2)6-3-4-7-14/h5,8H,3-4,6-7,9H2,1-2H3,(H2,15,18)(H,16,17). The number of nitrogens with two attached hydrogens (primary N) is 1. The molecule has 0 radical (unpaired) electrons. The normalized spacial score (nSPS) is 17.7. The number of aryl methyl sites for hydroxylation is 1. The second kappa shape index (κ2) is 5.22. The first-order valence-electron chi connectivity index (χ1n) is 6.51. The Kier molecular flexibility index (Phi) is 3.85. The zero-order valence-corrected chi connectivity index (χ0v) is 11.9. The molecule has 1 aliphatic carbocycles. The highest BCUT2D eigenvalue weighted by Gasteiger charge is 2.28. The van der Waals surface area contributed by atoms with Crippen LogP contribution in [-0.4, -0.2) is 16.5 Å². The molecule has 0 aliphatic heterocycles. The number of thiocarbonyl (C=S) groups is 1. The second-order valence-electron chi connectivity index (χ2n) is 5.59. The van der Waals surface area contributed by atoms with Crippen molar-refractivity contribution in [1.29, 1.82) is 0 Å². The van der Waals surface area contributed by atoms with Gasteiger partial charge in [-0.15, -0.1) is 0 Å². The second-order valence-corrected chi connectivity index (χ2v) is 6.03. The van der Waals surface area contributed by atoms with Crippen LogP contribution >= 0.6 is 12.2 Å². The average Bonchev–Trinajstić information content (AvgIpc) is 2.73. The molecule has 0 aromatic carbocycles. The minimum Gasteiger partial charge on any atom is -0.389 e. The molecule has 98 valence electrons. The lowest BCUT2D eigenvalue weighted by Crippen LogP contribution is -2.25. The zero-order chi connectivity index (χ0) is 13.2. The average molecular weight is 263 g/mol. The van der Waals surface area contributed by atoms with Gasteiger partial charge in [0.2, 0.25) is 0 Å². The van der Waals surface area contributed by atoms with Crippen LogP contribution in [0.2, 0.25) is 0 Å². The van der Waals surface area contributed by atoms with Gasteiger partial charge in [-0.3, -0.25) is 0 Å². The maximum Gasteiger partial charge on any atom is 0.136 e. The Hall–Kier alpha value is -1.16. The lowest BCUT2D eigenvalue weighted by atomic mass is 9.89. The van der Waals surface area contributed by atoms with Crippen LogP contribution in [-0.2, 0) is 0 Å². The largest absolute Gasteiger partial charge is 0.389 e. The number of hydrogen-bond acceptors (Lipinski definition) is 3. The molecule has 3 N–H and O–H groups in total. The minimum absolute atomic E-state index is 0.388. The van der Waals surface area contributed by atoms with E-state index < -0.39 is 0 Å². The SMILES string of the molecule is Cc1ccnc(NCC2(C)CCCC2)c1C(N)=S. The Bertz CT molecular complexity index is 450. The van der Waals surface area contributed by atoms with Gasteiger partial charge in [0.15, 0.2) is 0 Å². The van der Waals surface area contributed by atoms with Crippen molar-refractivity contribution >= 4 is 23.0 Å². The minimum atomic E-state index is 0.388. The van der Waals surface area contributed by atoms with Crippen LogP contribution in [0.1, 0.15) is 43.7 Å². The predicted molar refractivity (Wildman–Crippen MR) is 79.9 cm³/mol. The zero-order valence-electron chi connectivity index (χ0n) is 11.1. The molecule has 1 heterocycles. The summed E-state index contributed by atoms with van der Waals surface area (Å²) in [7, 11) is 0. The number of nitrogens with zero attached hydrogens (tertiary/aromatic N) is 1. The third-order valence-corrected chi connectivity index (χ3v) is 4.10. The first kappa shape index (κ1) is 13.3. The van der Waals surface area contributed by atoms with Crippen LogP contribution in [0.4, 0.5) is 5.82 Å². The van der Waals surface area contributed by atoms with Crippen molar-refractivity contribution in [3.05, 3.63) is 23.4 Å². The number of rotatable bonds is 4. The number of pyridine rings is 1. The van der Waals surface area contributed by atoms with E-state index in [4.69, 9.17) is 18.0 Å². The summed E-state index contributed by atoms with van der Waals surface area (Å²) in [6, 6.07) is 1.94. The monoisotopic (exact) mass is 263 g/mol. The Balaban J connectivity index is 2.14. The third-order valence-electron chi connectivity index (χ3n) is 3.90. The van der Waals surface area contributed by atoms with Gasteiger partial charge >= 0.3 is 0 Å². The highest BCUT2D eigenvalue weighted by atomic mass is 32.1. The van der Waals surface area contributed by atoms with Crippen molar-refractivity contribution < 1.29 is 0 Å². The fraction of sp³-hybridized carbons (Fsp3) is 0.571. The molecule has 18 heavy (non-hydrogen) atoms. The summed E-state index contributed by atoms with van der Waals surface area (Å²) in [5, 5.41) is 3.44. The molecular weight excluding hydrogens is 242 g/mol. The van der Waals surface area contributed by atoms with E-state index in [0.717, 1.165) is 23.5 Å². The summed E-state index contributed by atoms with van der Waals surface area (Å²) < 4.78 is 0. The molecule has 0 bridgehead atoms. The van der Waals surface area contributed by atoms with Gasteiger partial charge in [0.1, 0.15) is 10.8 Å². The Morgan fingerprint density at radius 2 is 2.17 bits per heavy atom. The van der Waals surface area contributed by atoms with Crippen molar-refractivity contribution in [2.24, 2.45) is 11.1 Å². The summed E-state index contributed by atoms with van der Waals surface area (Å²) in [5.74, 6) is 0.829. The molecule has 0 amide bonds. The van der Waals surface area contributed by atoms with Gasteiger partial charge in [-0.05, 0) is 36.8 Å². The van der Waals surface area contributed by atoms with Crippen LogP contribution < -0.4 is 11.1 Å². The smallest absolute Gasteiger partial charge is 0.136 e. The maximum absolute atomic E-state index is 5.78. The van der Waals surface area contributed by atoms with E-state index in [0.29, 0.717) is 10.4 Å². The van der Waals surface area contributed by atoms with Crippen molar-refractivity contribution in [1.82, 2.24) is 4.98 Å².